The number of unbranched alkanes of at least 4 members (excludes halogenated alkanes) is 2. The van der Waals surface area contributed by atoms with Crippen molar-refractivity contribution in [3.63, 3.8) is 0 Å². The molecular weight excluding hydrogens is 168 g/mol. The van der Waals surface area contributed by atoms with Gasteiger partial charge in [0.15, 0.2) is 0 Å². The molecule has 2 rings (SSSR count). The summed E-state index contributed by atoms with van der Waals surface area (Å²) in [4.78, 5) is 0. The maximum absolute atomic E-state index is 2.28. The second-order valence-electron chi connectivity index (χ2n) is 4.51. The van der Waals surface area contributed by atoms with E-state index in [9.17, 15) is 0 Å². The van der Waals surface area contributed by atoms with Crippen LogP contribution in [0.3, 0.4) is 0 Å². The summed E-state index contributed by atoms with van der Waals surface area (Å²) in [6, 6.07) is 11.0. The Hall–Kier alpha value is -0.780. The van der Waals surface area contributed by atoms with Gasteiger partial charge in [-0.25, -0.2) is 0 Å². The van der Waals surface area contributed by atoms with E-state index >= 15 is 0 Å². The number of hydrogen-bond acceptors (Lipinski definition) is 0. The topological polar surface area (TPSA) is 0 Å². The lowest BCUT2D eigenvalue weighted by atomic mass is 10.1. The zero-order valence-corrected chi connectivity index (χ0v) is 9.08. The van der Waals surface area contributed by atoms with E-state index in [1.807, 2.05) is 0 Å². The van der Waals surface area contributed by atoms with Crippen LogP contribution in [0.25, 0.3) is 0 Å². The maximum Gasteiger partial charge on any atom is -0.0131 e. The van der Waals surface area contributed by atoms with Gasteiger partial charge in [-0.05, 0) is 30.2 Å². The Bertz CT molecular complexity index is 263. The van der Waals surface area contributed by atoms with E-state index in [4.69, 9.17) is 0 Å². The van der Waals surface area contributed by atoms with Gasteiger partial charge < -0.3 is 0 Å². The van der Waals surface area contributed by atoms with Gasteiger partial charge in [0.2, 0.25) is 0 Å². The third kappa shape index (κ3) is 2.37. The Morgan fingerprint density at radius 3 is 2.64 bits per heavy atom. The van der Waals surface area contributed by atoms with Crippen molar-refractivity contribution in [3.8, 4) is 0 Å². The summed E-state index contributed by atoms with van der Waals surface area (Å²) >= 11 is 0. The molecule has 1 aliphatic carbocycles. The van der Waals surface area contributed by atoms with Crippen LogP contribution in [-0.2, 0) is 0 Å². The van der Waals surface area contributed by atoms with Crippen LogP contribution >= 0.6 is 0 Å². The summed E-state index contributed by atoms with van der Waals surface area (Å²) in [6.07, 6.45) is 7.09. The van der Waals surface area contributed by atoms with E-state index in [1.54, 1.807) is 5.56 Å². The molecule has 0 amide bonds. The molecule has 0 radical (unpaired) electrons. The van der Waals surface area contributed by atoms with Gasteiger partial charge in [0.25, 0.3) is 0 Å². The molecule has 14 heavy (non-hydrogen) atoms. The highest BCUT2D eigenvalue weighted by Crippen LogP contribution is 2.50. The molecular formula is C14H20. The van der Waals surface area contributed by atoms with E-state index in [-0.39, 0.29) is 0 Å². The molecule has 2 unspecified atom stereocenters. The molecule has 1 fully saturated rings. The Kier molecular flexibility index (Phi) is 3.23. The molecule has 0 aliphatic heterocycles. The minimum Gasteiger partial charge on any atom is -0.0654 e. The minimum atomic E-state index is 0.896. The third-order valence-electron chi connectivity index (χ3n) is 3.33. The largest absolute Gasteiger partial charge is 0.0654 e. The Labute approximate surface area is 87.3 Å². The molecule has 0 N–H and O–H groups in total. The summed E-state index contributed by atoms with van der Waals surface area (Å²) in [5.41, 5.74) is 1.56. The molecule has 2 atom stereocenters. The van der Waals surface area contributed by atoms with Gasteiger partial charge in [-0.15, -0.1) is 0 Å². The van der Waals surface area contributed by atoms with Gasteiger partial charge in [0, 0.05) is 0 Å². The van der Waals surface area contributed by atoms with Gasteiger partial charge in [-0.2, -0.15) is 0 Å². The monoisotopic (exact) mass is 188 g/mol. The van der Waals surface area contributed by atoms with Crippen LogP contribution in [-0.4, -0.2) is 0 Å². The Balaban J connectivity index is 1.76. The highest BCUT2D eigenvalue weighted by atomic mass is 14.4. The van der Waals surface area contributed by atoms with Crippen LogP contribution in [0.5, 0.6) is 0 Å². The smallest absolute Gasteiger partial charge is 0.0131 e. The van der Waals surface area contributed by atoms with Crippen LogP contribution in [0, 0.1) is 5.92 Å². The lowest BCUT2D eigenvalue weighted by molar-refractivity contribution is 0.610. The van der Waals surface area contributed by atoms with Crippen LogP contribution < -0.4 is 0 Å². The van der Waals surface area contributed by atoms with Gasteiger partial charge in [0.1, 0.15) is 0 Å². The van der Waals surface area contributed by atoms with Crippen molar-refractivity contribution in [2.24, 2.45) is 5.92 Å². The molecule has 0 bridgehead atoms. The fourth-order valence-corrected chi connectivity index (χ4v) is 2.33. The first-order chi connectivity index (χ1) is 6.92. The van der Waals surface area contributed by atoms with E-state index < -0.39 is 0 Å². The van der Waals surface area contributed by atoms with Crippen molar-refractivity contribution >= 4 is 0 Å². The van der Waals surface area contributed by atoms with Crippen LogP contribution in [0.1, 0.15) is 50.5 Å². The highest BCUT2D eigenvalue weighted by Gasteiger charge is 2.36. The summed E-state index contributed by atoms with van der Waals surface area (Å²) in [5, 5.41) is 0. The zero-order valence-electron chi connectivity index (χ0n) is 9.08. The lowest BCUT2D eigenvalue weighted by Gasteiger charge is -1.99. The first kappa shape index (κ1) is 9.76. The Morgan fingerprint density at radius 1 is 1.14 bits per heavy atom. The van der Waals surface area contributed by atoms with Crippen molar-refractivity contribution in [3.05, 3.63) is 35.9 Å². The predicted molar refractivity (Wildman–Crippen MR) is 61.4 cm³/mol. The second-order valence-corrected chi connectivity index (χ2v) is 4.51. The predicted octanol–water partition coefficient (Wildman–Crippen LogP) is 4.37. The van der Waals surface area contributed by atoms with Gasteiger partial charge in [-0.1, -0.05) is 56.5 Å². The molecule has 0 aromatic heterocycles. The fraction of sp³-hybridized carbons (Fsp3) is 0.571. The molecule has 0 spiro atoms. The van der Waals surface area contributed by atoms with Gasteiger partial charge >= 0.3 is 0 Å². The van der Waals surface area contributed by atoms with E-state index in [2.05, 4.69) is 37.3 Å². The van der Waals surface area contributed by atoms with E-state index in [0.717, 1.165) is 11.8 Å². The maximum atomic E-state index is 2.28. The fourth-order valence-electron chi connectivity index (χ4n) is 2.33. The normalized spacial score (nSPS) is 24.9. The summed E-state index contributed by atoms with van der Waals surface area (Å²) in [5.74, 6) is 1.90. The average Bonchev–Trinajstić information content (AvgIpc) is 2.99. The van der Waals surface area contributed by atoms with Gasteiger partial charge in [-0.3, -0.25) is 0 Å². The molecule has 0 heterocycles. The SMILES string of the molecule is CCCCCC1CC1c1ccccc1. The van der Waals surface area contributed by atoms with Crippen LogP contribution in [0.2, 0.25) is 0 Å². The van der Waals surface area contributed by atoms with Crippen molar-refractivity contribution in [1.29, 1.82) is 0 Å². The number of benzene rings is 1. The molecule has 0 saturated heterocycles. The highest BCUT2D eigenvalue weighted by molar-refractivity contribution is 5.25. The molecule has 0 nitrogen and oxygen atoms in total. The lowest BCUT2D eigenvalue weighted by Crippen LogP contribution is -1.84. The van der Waals surface area contributed by atoms with Crippen molar-refractivity contribution in [2.75, 3.05) is 0 Å². The first-order valence-electron chi connectivity index (χ1n) is 5.96. The zero-order chi connectivity index (χ0) is 9.80. The summed E-state index contributed by atoms with van der Waals surface area (Å²) < 4.78 is 0. The van der Waals surface area contributed by atoms with Crippen LogP contribution in [0.15, 0.2) is 30.3 Å². The number of rotatable bonds is 5. The second kappa shape index (κ2) is 4.63. The van der Waals surface area contributed by atoms with Gasteiger partial charge in [0.05, 0.1) is 0 Å². The average molecular weight is 188 g/mol. The third-order valence-corrected chi connectivity index (χ3v) is 3.33. The molecule has 1 saturated carbocycles. The quantitative estimate of drug-likeness (QED) is 0.602. The molecule has 1 aliphatic rings. The van der Waals surface area contributed by atoms with Crippen molar-refractivity contribution in [2.45, 2.75) is 44.9 Å². The first-order valence-corrected chi connectivity index (χ1v) is 5.96. The van der Waals surface area contributed by atoms with Crippen molar-refractivity contribution in [1.82, 2.24) is 0 Å². The van der Waals surface area contributed by atoms with E-state index in [1.165, 1.54) is 32.1 Å². The molecule has 1 aromatic rings. The number of hydrogen-bond donors (Lipinski definition) is 0. The van der Waals surface area contributed by atoms with Crippen LogP contribution in [0.4, 0.5) is 0 Å². The minimum absolute atomic E-state index is 0.896. The van der Waals surface area contributed by atoms with Crippen molar-refractivity contribution < 1.29 is 0 Å². The molecule has 76 valence electrons. The molecule has 1 aromatic carbocycles. The summed E-state index contributed by atoms with van der Waals surface area (Å²) in [7, 11) is 0. The Morgan fingerprint density at radius 2 is 1.93 bits per heavy atom. The standard InChI is InChI=1S/C14H20/c1-2-3-5-10-13-11-14(13)12-8-6-4-7-9-12/h4,6-9,13-14H,2-3,5,10-11H2,1H3. The summed E-state index contributed by atoms with van der Waals surface area (Å²) in [6.45, 7) is 2.28. The molecule has 0 heteroatoms. The van der Waals surface area contributed by atoms with E-state index in [0.29, 0.717) is 0 Å².